The van der Waals surface area contributed by atoms with Crippen LogP contribution >= 0.6 is 11.3 Å². The smallest absolute Gasteiger partial charge is 0.226 e. The molecule has 2 aromatic carbocycles. The Hall–Kier alpha value is -2.50. The van der Waals surface area contributed by atoms with E-state index in [9.17, 15) is 4.79 Å². The van der Waals surface area contributed by atoms with Crippen LogP contribution in [0.15, 0.2) is 53.9 Å². The number of carbonyl (C=O) groups excluding carboxylic acids is 1. The molecule has 0 bridgehead atoms. The molecule has 4 nitrogen and oxygen atoms in total. The van der Waals surface area contributed by atoms with Gasteiger partial charge in [-0.3, -0.25) is 9.69 Å². The van der Waals surface area contributed by atoms with Gasteiger partial charge >= 0.3 is 0 Å². The summed E-state index contributed by atoms with van der Waals surface area (Å²) < 4.78 is 0. The van der Waals surface area contributed by atoms with Crippen LogP contribution in [0, 0.1) is 5.92 Å². The van der Waals surface area contributed by atoms with Crippen LogP contribution in [-0.2, 0) is 16.8 Å². The van der Waals surface area contributed by atoms with Crippen molar-refractivity contribution in [3.05, 3.63) is 70.7 Å². The molecule has 0 aliphatic carbocycles. The molecule has 0 radical (unpaired) electrons. The van der Waals surface area contributed by atoms with E-state index in [0.717, 1.165) is 48.9 Å². The number of hydrogen-bond acceptors (Lipinski definition) is 4. The molecule has 1 aliphatic heterocycles. The van der Waals surface area contributed by atoms with Crippen molar-refractivity contribution in [2.45, 2.75) is 65.3 Å². The Morgan fingerprint density at radius 2 is 1.82 bits per heavy atom. The van der Waals surface area contributed by atoms with Crippen molar-refractivity contribution in [3.8, 4) is 10.6 Å². The highest BCUT2D eigenvalue weighted by Gasteiger charge is 2.22. The minimum Gasteiger partial charge on any atom is -0.326 e. The molecular weight excluding hydrogens is 438 g/mol. The van der Waals surface area contributed by atoms with Crippen LogP contribution < -0.4 is 5.32 Å². The van der Waals surface area contributed by atoms with Gasteiger partial charge in [-0.1, -0.05) is 71.0 Å². The summed E-state index contributed by atoms with van der Waals surface area (Å²) in [5.41, 5.74) is 6.05. The van der Waals surface area contributed by atoms with Gasteiger partial charge in [-0.15, -0.1) is 11.3 Å². The first-order valence-corrected chi connectivity index (χ1v) is 13.3. The van der Waals surface area contributed by atoms with E-state index in [4.69, 9.17) is 4.98 Å². The molecule has 2 heterocycles. The molecule has 5 heteroatoms. The summed E-state index contributed by atoms with van der Waals surface area (Å²) in [7, 11) is 0. The Morgan fingerprint density at radius 3 is 2.44 bits per heavy atom. The number of nitrogens with one attached hydrogen (secondary N) is 1. The Morgan fingerprint density at radius 1 is 1.12 bits per heavy atom. The van der Waals surface area contributed by atoms with E-state index >= 15 is 0 Å². The standard InChI is InChI=1S/C29H37N3OS/c1-20(2)27(33)30-25-8-6-7-24(17-25)22-13-15-32(16-14-22)18-21-9-11-23(12-10-21)28-31-26(19-34-28)29(3,4)5/h6-12,17,19-20,22H,13-16,18H2,1-5H3,(H,30,33). The third kappa shape index (κ3) is 6.13. The number of benzene rings is 2. The van der Waals surface area contributed by atoms with Crippen LogP contribution in [0.2, 0.25) is 0 Å². The number of anilines is 1. The number of likely N-dealkylation sites (tertiary alicyclic amines) is 1. The van der Waals surface area contributed by atoms with Crippen molar-refractivity contribution in [3.63, 3.8) is 0 Å². The fourth-order valence-corrected chi connectivity index (χ4v) is 5.40. The molecule has 1 fully saturated rings. The molecule has 0 spiro atoms. The van der Waals surface area contributed by atoms with Gasteiger partial charge in [-0.25, -0.2) is 4.98 Å². The topological polar surface area (TPSA) is 45.2 Å². The molecule has 1 N–H and O–H groups in total. The summed E-state index contributed by atoms with van der Waals surface area (Å²) >= 11 is 1.73. The van der Waals surface area contributed by atoms with E-state index in [1.807, 2.05) is 19.9 Å². The van der Waals surface area contributed by atoms with Gasteiger partial charge in [0, 0.05) is 34.5 Å². The number of piperidine rings is 1. The van der Waals surface area contributed by atoms with Gasteiger partial charge in [-0.05, 0) is 55.1 Å². The van der Waals surface area contributed by atoms with Crippen molar-refractivity contribution < 1.29 is 4.79 Å². The Kier molecular flexibility index (Phi) is 7.54. The van der Waals surface area contributed by atoms with Crippen molar-refractivity contribution in [1.82, 2.24) is 9.88 Å². The first-order chi connectivity index (χ1) is 16.2. The average Bonchev–Trinajstić information content (AvgIpc) is 3.31. The zero-order valence-electron chi connectivity index (χ0n) is 21.1. The first-order valence-electron chi connectivity index (χ1n) is 12.4. The third-order valence-corrected chi connectivity index (χ3v) is 7.51. The number of amides is 1. The van der Waals surface area contributed by atoms with E-state index in [0.29, 0.717) is 5.92 Å². The number of rotatable bonds is 6. The van der Waals surface area contributed by atoms with Gasteiger partial charge in [-0.2, -0.15) is 0 Å². The van der Waals surface area contributed by atoms with Crippen LogP contribution in [0.25, 0.3) is 10.6 Å². The quantitative estimate of drug-likeness (QED) is 0.414. The fourth-order valence-electron chi connectivity index (χ4n) is 4.34. The highest BCUT2D eigenvalue weighted by molar-refractivity contribution is 7.13. The summed E-state index contributed by atoms with van der Waals surface area (Å²) in [6.07, 6.45) is 2.29. The van der Waals surface area contributed by atoms with Crippen LogP contribution in [0.4, 0.5) is 5.69 Å². The second-order valence-corrected chi connectivity index (χ2v) is 11.7. The van der Waals surface area contributed by atoms with Crippen molar-refractivity contribution in [1.29, 1.82) is 0 Å². The highest BCUT2D eigenvalue weighted by Crippen LogP contribution is 2.32. The van der Waals surface area contributed by atoms with Crippen LogP contribution in [0.5, 0.6) is 0 Å². The Labute approximate surface area is 208 Å². The van der Waals surface area contributed by atoms with E-state index in [-0.39, 0.29) is 17.2 Å². The van der Waals surface area contributed by atoms with E-state index in [2.05, 4.69) is 78.8 Å². The molecule has 180 valence electrons. The molecule has 1 saturated heterocycles. The van der Waals surface area contributed by atoms with Gasteiger partial charge in [0.1, 0.15) is 5.01 Å². The van der Waals surface area contributed by atoms with Crippen molar-refractivity contribution in [2.75, 3.05) is 18.4 Å². The monoisotopic (exact) mass is 475 g/mol. The summed E-state index contributed by atoms with van der Waals surface area (Å²) in [5, 5.41) is 6.32. The van der Waals surface area contributed by atoms with Gasteiger partial charge < -0.3 is 5.32 Å². The lowest BCUT2D eigenvalue weighted by Gasteiger charge is -2.32. The molecule has 0 saturated carbocycles. The molecule has 34 heavy (non-hydrogen) atoms. The molecule has 0 atom stereocenters. The van der Waals surface area contributed by atoms with Crippen LogP contribution in [0.1, 0.15) is 70.2 Å². The zero-order valence-corrected chi connectivity index (χ0v) is 21.9. The van der Waals surface area contributed by atoms with Crippen LogP contribution in [-0.4, -0.2) is 28.9 Å². The van der Waals surface area contributed by atoms with Gasteiger partial charge in [0.15, 0.2) is 0 Å². The fraction of sp³-hybridized carbons (Fsp3) is 0.448. The lowest BCUT2D eigenvalue weighted by molar-refractivity contribution is -0.118. The number of thiazole rings is 1. The minimum atomic E-state index is -0.0107. The Balaban J connectivity index is 1.31. The minimum absolute atomic E-state index is 0.0107. The number of aromatic nitrogens is 1. The maximum Gasteiger partial charge on any atom is 0.226 e. The second kappa shape index (κ2) is 10.4. The summed E-state index contributed by atoms with van der Waals surface area (Å²) in [6, 6.07) is 17.3. The zero-order chi connectivity index (χ0) is 24.3. The lowest BCUT2D eigenvalue weighted by atomic mass is 9.89. The third-order valence-electron chi connectivity index (χ3n) is 6.62. The summed E-state index contributed by atoms with van der Waals surface area (Å²) in [4.78, 5) is 19.4. The van der Waals surface area contributed by atoms with Crippen molar-refractivity contribution in [2.24, 2.45) is 5.92 Å². The highest BCUT2D eigenvalue weighted by atomic mass is 32.1. The molecule has 1 aliphatic rings. The predicted octanol–water partition coefficient (Wildman–Crippen LogP) is 7.08. The maximum atomic E-state index is 12.0. The molecular formula is C29H37N3OS. The average molecular weight is 476 g/mol. The van der Waals surface area contributed by atoms with Crippen LogP contribution in [0.3, 0.4) is 0 Å². The van der Waals surface area contributed by atoms with Gasteiger partial charge in [0.05, 0.1) is 5.69 Å². The van der Waals surface area contributed by atoms with E-state index in [1.165, 1.54) is 16.7 Å². The maximum absolute atomic E-state index is 12.0. The van der Waals surface area contributed by atoms with Gasteiger partial charge in [0.25, 0.3) is 0 Å². The Bertz CT molecular complexity index is 1100. The second-order valence-electron chi connectivity index (χ2n) is 10.8. The van der Waals surface area contributed by atoms with Gasteiger partial charge in [0.2, 0.25) is 5.91 Å². The molecule has 1 aromatic heterocycles. The summed E-state index contributed by atoms with van der Waals surface area (Å²) in [6.45, 7) is 13.6. The molecule has 3 aromatic rings. The number of hydrogen-bond donors (Lipinski definition) is 1. The van der Waals surface area contributed by atoms with Crippen molar-refractivity contribution >= 4 is 22.9 Å². The lowest BCUT2D eigenvalue weighted by Crippen LogP contribution is -2.32. The SMILES string of the molecule is CC(C)C(=O)Nc1cccc(C2CCN(Cc3ccc(-c4nc(C(C)(C)C)cs4)cc3)CC2)c1. The van der Waals surface area contributed by atoms with E-state index in [1.54, 1.807) is 11.3 Å². The molecule has 1 amide bonds. The molecule has 0 unspecified atom stereocenters. The predicted molar refractivity (Wildman–Crippen MR) is 143 cm³/mol. The molecule has 4 rings (SSSR count). The number of carbonyl (C=O) groups is 1. The number of nitrogens with zero attached hydrogens (tertiary/aromatic N) is 2. The normalized spacial score (nSPS) is 15.6. The van der Waals surface area contributed by atoms with E-state index < -0.39 is 0 Å². The largest absolute Gasteiger partial charge is 0.326 e. The first kappa shape index (κ1) is 24.6. The summed E-state index contributed by atoms with van der Waals surface area (Å²) in [5.74, 6) is 0.613.